The first-order valence-electron chi connectivity index (χ1n) is 13.5. The summed E-state index contributed by atoms with van der Waals surface area (Å²) in [5.74, 6) is 0.453. The van der Waals surface area contributed by atoms with Crippen molar-refractivity contribution in [2.24, 2.45) is 0 Å². The number of nitrogens with one attached hydrogen (secondary N) is 1. The van der Waals surface area contributed by atoms with Gasteiger partial charge >= 0.3 is 13.7 Å². The molecule has 1 unspecified atom stereocenters. The second-order valence-electron chi connectivity index (χ2n) is 10.1. The molecule has 3 aromatic rings. The van der Waals surface area contributed by atoms with E-state index in [1.165, 1.54) is 6.33 Å². The number of hydrogen-bond donors (Lipinski definition) is 3. The van der Waals surface area contributed by atoms with Crippen LogP contribution in [-0.4, -0.2) is 61.6 Å². The van der Waals surface area contributed by atoms with Crippen LogP contribution in [0.2, 0.25) is 0 Å². The Bertz CT molecular complexity index is 1370. The summed E-state index contributed by atoms with van der Waals surface area (Å²) in [5.41, 5.74) is 6.89. The molecule has 0 bridgehead atoms. The number of anilines is 1. The Morgan fingerprint density at radius 3 is 2.73 bits per heavy atom. The maximum absolute atomic E-state index is 14.1. The lowest BCUT2D eigenvalue weighted by atomic mass is 9.98. The van der Waals surface area contributed by atoms with Crippen molar-refractivity contribution in [1.82, 2.24) is 24.6 Å². The van der Waals surface area contributed by atoms with E-state index < -0.39 is 44.8 Å². The summed E-state index contributed by atoms with van der Waals surface area (Å²) in [6, 6.07) is 7.52. The van der Waals surface area contributed by atoms with Gasteiger partial charge in [0, 0.05) is 6.42 Å². The second kappa shape index (κ2) is 12.2. The molecule has 1 saturated heterocycles. The fourth-order valence-electron chi connectivity index (χ4n) is 5.02. The Kier molecular flexibility index (Phi) is 8.67. The number of aliphatic hydroxyl groups is 1. The topological polar surface area (TPSA) is 173 Å². The highest BCUT2D eigenvalue weighted by molar-refractivity contribution is 7.52. The Labute approximate surface area is 232 Å². The van der Waals surface area contributed by atoms with Gasteiger partial charge in [-0.15, -0.1) is 0 Å². The van der Waals surface area contributed by atoms with Gasteiger partial charge in [-0.3, -0.25) is 13.9 Å². The van der Waals surface area contributed by atoms with Crippen LogP contribution in [0.15, 0.2) is 36.7 Å². The quantitative estimate of drug-likeness (QED) is 0.238. The van der Waals surface area contributed by atoms with E-state index >= 15 is 0 Å². The molecule has 1 aliphatic heterocycles. The van der Waals surface area contributed by atoms with E-state index in [-0.39, 0.29) is 24.1 Å². The van der Waals surface area contributed by atoms with Gasteiger partial charge in [0.1, 0.15) is 47.7 Å². The standard InChI is InChI=1S/C26H35N6O7P/c1-16(26(34)36-18-9-5-3-6-10-18)31-40(35,38-19-11-7-4-8-12-19)39-20-13-22(37-21(20)14-33)32-15-28-23-24(27)29-17(2)30-25(23)32/h4,7-8,11-12,15-16,18,20-22,33H,3,5-6,9-10,13-14H2,1-2H3,(H,31,35)(H2,27,29,30)/t16-,20+,21+,22+,40?/m0/s1. The summed E-state index contributed by atoms with van der Waals surface area (Å²) in [5, 5.41) is 12.8. The zero-order chi connectivity index (χ0) is 28.3. The number of aromatic nitrogens is 4. The number of nitrogen functional groups attached to an aromatic ring is 1. The highest BCUT2D eigenvalue weighted by Gasteiger charge is 2.44. The second-order valence-corrected chi connectivity index (χ2v) is 11.8. The average Bonchev–Trinajstić information content (AvgIpc) is 3.53. The van der Waals surface area contributed by atoms with Crippen molar-refractivity contribution in [3.63, 3.8) is 0 Å². The molecule has 3 heterocycles. The number of carbonyl (C=O) groups is 1. The van der Waals surface area contributed by atoms with Gasteiger partial charge < -0.3 is 24.8 Å². The molecule has 40 heavy (non-hydrogen) atoms. The summed E-state index contributed by atoms with van der Waals surface area (Å²) >= 11 is 0. The minimum absolute atomic E-state index is 0.157. The lowest BCUT2D eigenvalue weighted by Gasteiger charge is -2.28. The van der Waals surface area contributed by atoms with Gasteiger partial charge in [-0.05, 0) is 51.7 Å². The largest absolute Gasteiger partial charge is 0.461 e. The maximum Gasteiger partial charge on any atom is 0.459 e. The molecule has 0 amide bonds. The van der Waals surface area contributed by atoms with E-state index in [1.54, 1.807) is 48.7 Å². The van der Waals surface area contributed by atoms with E-state index in [1.807, 2.05) is 0 Å². The molecule has 216 valence electrons. The number of fused-ring (bicyclic) bond motifs is 1. The van der Waals surface area contributed by atoms with Crippen molar-refractivity contribution in [3.8, 4) is 5.75 Å². The Morgan fingerprint density at radius 1 is 1.25 bits per heavy atom. The van der Waals surface area contributed by atoms with Crippen molar-refractivity contribution < 1.29 is 33.0 Å². The molecule has 2 fully saturated rings. The third kappa shape index (κ3) is 6.45. The van der Waals surface area contributed by atoms with Crippen molar-refractivity contribution in [2.75, 3.05) is 12.3 Å². The Hall–Kier alpha value is -3.09. The molecule has 1 aliphatic carbocycles. The van der Waals surface area contributed by atoms with E-state index in [4.69, 9.17) is 24.3 Å². The number of hydrogen-bond acceptors (Lipinski definition) is 11. The van der Waals surface area contributed by atoms with E-state index in [0.717, 1.165) is 32.1 Å². The maximum atomic E-state index is 14.1. The predicted molar refractivity (Wildman–Crippen MR) is 145 cm³/mol. The SMILES string of the molecule is Cc1nc(N)c2ncn([C@H]3C[C@@H](OP(=O)(N[C@@H](C)C(=O)OC4CCCCC4)Oc4ccccc4)[C@@H](CO)O3)c2n1. The molecule has 13 nitrogen and oxygen atoms in total. The molecular weight excluding hydrogens is 539 g/mol. The van der Waals surface area contributed by atoms with Crippen LogP contribution in [0.3, 0.4) is 0 Å². The third-order valence-electron chi connectivity index (χ3n) is 7.01. The number of para-hydroxylation sites is 1. The van der Waals surface area contributed by atoms with E-state index in [0.29, 0.717) is 17.0 Å². The normalized spacial score (nSPS) is 24.0. The van der Waals surface area contributed by atoms with Crippen LogP contribution < -0.4 is 15.3 Å². The average molecular weight is 575 g/mol. The van der Waals surface area contributed by atoms with Crippen LogP contribution in [-0.2, 0) is 23.4 Å². The molecule has 2 aliphatic rings. The monoisotopic (exact) mass is 574 g/mol. The van der Waals surface area contributed by atoms with Gasteiger partial charge in [-0.2, -0.15) is 5.09 Å². The van der Waals surface area contributed by atoms with Gasteiger partial charge in [-0.1, -0.05) is 24.6 Å². The van der Waals surface area contributed by atoms with Crippen molar-refractivity contribution >= 4 is 30.7 Å². The number of nitrogens with zero attached hydrogens (tertiary/aromatic N) is 4. The molecular formula is C26H35N6O7P. The Morgan fingerprint density at radius 2 is 2.00 bits per heavy atom. The molecule has 1 aromatic carbocycles. The number of benzene rings is 1. The van der Waals surface area contributed by atoms with E-state index in [2.05, 4.69) is 20.0 Å². The van der Waals surface area contributed by atoms with Crippen LogP contribution in [0.5, 0.6) is 5.75 Å². The number of esters is 1. The predicted octanol–water partition coefficient (Wildman–Crippen LogP) is 3.42. The van der Waals surface area contributed by atoms with Crippen molar-refractivity contribution in [2.45, 2.75) is 83.0 Å². The number of aliphatic hydroxyl groups excluding tert-OH is 1. The highest BCUT2D eigenvalue weighted by atomic mass is 31.2. The summed E-state index contributed by atoms with van der Waals surface area (Å²) in [7, 11) is -4.18. The number of imidazole rings is 1. The smallest absolute Gasteiger partial charge is 0.459 e. The summed E-state index contributed by atoms with van der Waals surface area (Å²) < 4.78 is 39.4. The van der Waals surface area contributed by atoms with E-state index in [9.17, 15) is 14.5 Å². The number of carbonyl (C=O) groups excluding carboxylic acids is 1. The first-order chi connectivity index (χ1) is 19.2. The van der Waals surface area contributed by atoms with Gasteiger partial charge in [-0.25, -0.2) is 19.5 Å². The van der Waals surface area contributed by atoms with Gasteiger partial charge in [0.15, 0.2) is 11.5 Å². The Balaban J connectivity index is 1.35. The number of rotatable bonds is 10. The zero-order valence-electron chi connectivity index (χ0n) is 22.5. The zero-order valence-corrected chi connectivity index (χ0v) is 23.4. The third-order valence-corrected chi connectivity index (χ3v) is 8.72. The molecule has 0 spiro atoms. The summed E-state index contributed by atoms with van der Waals surface area (Å²) in [6.07, 6.45) is 3.95. The van der Waals surface area contributed by atoms with Crippen LogP contribution in [0.4, 0.5) is 5.82 Å². The first-order valence-corrected chi connectivity index (χ1v) is 15.0. The van der Waals surface area contributed by atoms with Crippen LogP contribution >= 0.6 is 7.75 Å². The molecule has 0 radical (unpaired) electrons. The molecule has 4 N–H and O–H groups in total. The van der Waals surface area contributed by atoms with Gasteiger partial charge in [0.25, 0.3) is 0 Å². The first kappa shape index (κ1) is 28.4. The number of nitrogens with two attached hydrogens (primary N) is 1. The van der Waals surface area contributed by atoms with Gasteiger partial charge in [0.2, 0.25) is 0 Å². The lowest BCUT2D eigenvalue weighted by molar-refractivity contribution is -0.152. The lowest BCUT2D eigenvalue weighted by Crippen LogP contribution is -2.39. The summed E-state index contributed by atoms with van der Waals surface area (Å²) in [6.45, 7) is 2.86. The van der Waals surface area contributed by atoms with Crippen LogP contribution in [0.25, 0.3) is 11.2 Å². The van der Waals surface area contributed by atoms with Crippen molar-refractivity contribution in [3.05, 3.63) is 42.5 Å². The fraction of sp³-hybridized carbons (Fsp3) is 0.538. The minimum Gasteiger partial charge on any atom is -0.461 e. The van der Waals surface area contributed by atoms with Crippen molar-refractivity contribution in [1.29, 1.82) is 0 Å². The molecule has 2 aromatic heterocycles. The van der Waals surface area contributed by atoms with Gasteiger partial charge in [0.05, 0.1) is 12.9 Å². The molecule has 5 rings (SSSR count). The minimum atomic E-state index is -4.18. The molecule has 5 atom stereocenters. The highest BCUT2D eigenvalue weighted by Crippen LogP contribution is 2.49. The number of ether oxygens (including phenoxy) is 2. The summed E-state index contributed by atoms with van der Waals surface area (Å²) in [4.78, 5) is 25.8. The number of aryl methyl sites for hydroxylation is 1. The molecule has 1 saturated carbocycles. The fourth-order valence-corrected chi connectivity index (χ4v) is 6.74. The van der Waals surface area contributed by atoms with Crippen LogP contribution in [0.1, 0.15) is 57.5 Å². The molecule has 14 heteroatoms. The van der Waals surface area contributed by atoms with Crippen LogP contribution in [0, 0.1) is 6.92 Å².